The summed E-state index contributed by atoms with van der Waals surface area (Å²) in [4.78, 5) is 27.9. The van der Waals surface area contributed by atoms with Crippen LogP contribution in [0, 0.1) is 25.5 Å². The zero-order valence-electron chi connectivity index (χ0n) is 16.2. The molecule has 1 aromatic heterocycles. The smallest absolute Gasteiger partial charge is 0.340 e. The van der Waals surface area contributed by atoms with Crippen molar-refractivity contribution in [3.05, 3.63) is 57.9 Å². The number of nitrogens with two attached hydrogens (primary N) is 1. The third kappa shape index (κ3) is 4.42. The van der Waals surface area contributed by atoms with Crippen LogP contribution in [-0.2, 0) is 4.74 Å². The Morgan fingerprint density at radius 2 is 1.89 bits per heavy atom. The van der Waals surface area contributed by atoms with Gasteiger partial charge in [0.25, 0.3) is 0 Å². The number of hydrogen-bond donors (Lipinski definition) is 2. The summed E-state index contributed by atoms with van der Waals surface area (Å²) in [6.07, 6.45) is 0. The maximum Gasteiger partial charge on any atom is 0.340 e. The van der Waals surface area contributed by atoms with Gasteiger partial charge in [-0.1, -0.05) is 0 Å². The third-order valence-corrected chi connectivity index (χ3v) is 4.61. The fourth-order valence-electron chi connectivity index (χ4n) is 3.23. The molecule has 2 aromatic rings. The van der Waals surface area contributed by atoms with Crippen LogP contribution in [0.2, 0.25) is 0 Å². The predicted octanol–water partition coefficient (Wildman–Crippen LogP) is 2.98. The molecule has 0 saturated heterocycles. The molecule has 1 heterocycles. The van der Waals surface area contributed by atoms with Crippen LogP contribution in [-0.4, -0.2) is 29.4 Å². The van der Waals surface area contributed by atoms with E-state index in [9.17, 15) is 18.4 Å². The first-order chi connectivity index (χ1) is 12.7. The van der Waals surface area contributed by atoms with Crippen molar-refractivity contribution in [3.8, 4) is 0 Å². The van der Waals surface area contributed by atoms with Crippen LogP contribution in [0.1, 0.15) is 64.5 Å². The monoisotopic (exact) mass is 379 g/mol. The maximum atomic E-state index is 14.0. The Morgan fingerprint density at radius 1 is 1.22 bits per heavy atom. The van der Waals surface area contributed by atoms with Crippen molar-refractivity contribution in [2.24, 2.45) is 0 Å². The number of Topliss-reactive ketones (excluding diaryl/α,β-unsaturated/α-hetero) is 1. The molecule has 27 heavy (non-hydrogen) atoms. The third-order valence-electron chi connectivity index (χ3n) is 4.61. The van der Waals surface area contributed by atoms with E-state index in [1.165, 1.54) is 12.1 Å². The quantitative estimate of drug-likeness (QED) is 0.574. The second-order valence-corrected chi connectivity index (χ2v) is 6.65. The molecule has 5 nitrogen and oxygen atoms in total. The van der Waals surface area contributed by atoms with E-state index in [2.05, 4.69) is 4.98 Å². The zero-order chi connectivity index (χ0) is 20.3. The highest BCUT2D eigenvalue weighted by Crippen LogP contribution is 2.20. The Kier molecular flexibility index (Phi) is 6.49. The number of benzene rings is 1. The first-order valence-corrected chi connectivity index (χ1v) is 8.87. The summed E-state index contributed by atoms with van der Waals surface area (Å²) in [5.74, 6) is -1.96. The zero-order valence-corrected chi connectivity index (χ0v) is 16.2. The summed E-state index contributed by atoms with van der Waals surface area (Å²) >= 11 is 0. The molecule has 0 saturated carbocycles. The lowest BCUT2D eigenvalue weighted by Gasteiger charge is -2.17. The molecule has 0 aliphatic carbocycles. The van der Waals surface area contributed by atoms with Gasteiger partial charge in [-0.15, -0.1) is 0 Å². The Labute approximate surface area is 157 Å². The Morgan fingerprint density at radius 3 is 2.48 bits per heavy atom. The second kappa shape index (κ2) is 8.43. The number of nitrogens with one attached hydrogen (secondary N) is 1. The Hall–Kier alpha value is -2.54. The van der Waals surface area contributed by atoms with E-state index < -0.39 is 23.6 Å². The molecule has 0 radical (unpaired) electrons. The number of aromatic amines is 1. The van der Waals surface area contributed by atoms with E-state index in [1.807, 2.05) is 0 Å². The minimum Gasteiger partial charge on any atom is -0.462 e. The van der Waals surface area contributed by atoms with Crippen molar-refractivity contribution in [2.45, 2.75) is 46.7 Å². The molecule has 0 bridgehead atoms. The number of aromatic nitrogens is 1. The molecule has 2 atom stereocenters. The van der Waals surface area contributed by atoms with E-state index in [4.69, 9.17) is 4.74 Å². The molecule has 2 rings (SSSR count). The topological polar surface area (TPSA) is 75.8 Å². The van der Waals surface area contributed by atoms with Crippen molar-refractivity contribution < 1.29 is 28.4 Å². The molecule has 3 N–H and O–H groups in total. The fraction of sp³-hybridized carbons (Fsp3) is 0.400. The highest BCUT2D eigenvalue weighted by molar-refractivity contribution is 6.03. The van der Waals surface area contributed by atoms with Gasteiger partial charge < -0.3 is 15.0 Å². The number of halogens is 2. The van der Waals surface area contributed by atoms with Crippen LogP contribution >= 0.6 is 0 Å². The predicted molar refractivity (Wildman–Crippen MR) is 96.7 cm³/mol. The minimum absolute atomic E-state index is 0.208. The van der Waals surface area contributed by atoms with Crippen LogP contribution in [0.25, 0.3) is 0 Å². The first-order valence-electron chi connectivity index (χ1n) is 8.87. The summed E-state index contributed by atoms with van der Waals surface area (Å²) in [6, 6.07) is 2.49. The second-order valence-electron chi connectivity index (χ2n) is 6.65. The van der Waals surface area contributed by atoms with Gasteiger partial charge in [0.15, 0.2) is 0 Å². The maximum absolute atomic E-state index is 14.0. The summed E-state index contributed by atoms with van der Waals surface area (Å²) in [6.45, 7) is 8.82. The van der Waals surface area contributed by atoms with Crippen LogP contribution in [0.4, 0.5) is 8.78 Å². The molecule has 0 unspecified atom stereocenters. The highest BCUT2D eigenvalue weighted by atomic mass is 19.1. The van der Waals surface area contributed by atoms with Gasteiger partial charge in [-0.2, -0.15) is 0 Å². The normalized spacial score (nSPS) is 13.3. The number of ether oxygens (including phenoxy) is 1. The van der Waals surface area contributed by atoms with E-state index >= 15 is 0 Å². The average molecular weight is 379 g/mol. The van der Waals surface area contributed by atoms with Gasteiger partial charge in [-0.25, -0.2) is 13.6 Å². The first kappa shape index (κ1) is 20.8. The van der Waals surface area contributed by atoms with Gasteiger partial charge >= 0.3 is 5.97 Å². The minimum atomic E-state index is -0.644. The van der Waals surface area contributed by atoms with Gasteiger partial charge in [-0.3, -0.25) is 4.79 Å². The van der Waals surface area contributed by atoms with Crippen LogP contribution in [0.3, 0.4) is 0 Å². The molecule has 0 fully saturated rings. The number of quaternary nitrogens is 1. The molecule has 1 aromatic carbocycles. The van der Waals surface area contributed by atoms with Crippen molar-refractivity contribution in [1.29, 1.82) is 0 Å². The number of rotatable bonds is 7. The van der Waals surface area contributed by atoms with Crippen LogP contribution in [0.15, 0.2) is 18.2 Å². The SMILES string of the molecule is CCOC(=O)c1c(C)[nH]c(C(=O)[C@H](C)[NH2+][C@@H](C)c2ccc(F)cc2F)c1C. The van der Waals surface area contributed by atoms with Crippen molar-refractivity contribution >= 4 is 11.8 Å². The highest BCUT2D eigenvalue weighted by Gasteiger charge is 2.29. The van der Waals surface area contributed by atoms with Gasteiger partial charge in [0, 0.05) is 17.3 Å². The van der Waals surface area contributed by atoms with E-state index in [0.717, 1.165) is 6.07 Å². The van der Waals surface area contributed by atoms with E-state index in [1.54, 1.807) is 39.9 Å². The number of H-pyrrole nitrogens is 1. The molecule has 0 aliphatic rings. The number of ketones is 1. The van der Waals surface area contributed by atoms with E-state index in [-0.39, 0.29) is 18.4 Å². The molecule has 0 aliphatic heterocycles. The number of hydrogen-bond acceptors (Lipinski definition) is 3. The van der Waals surface area contributed by atoms with Gasteiger partial charge in [-0.05, 0) is 52.3 Å². The fourth-order valence-corrected chi connectivity index (χ4v) is 3.23. The Bertz CT molecular complexity index is 861. The lowest BCUT2D eigenvalue weighted by molar-refractivity contribution is -0.709. The molecule has 0 spiro atoms. The molecular weight excluding hydrogens is 354 g/mol. The van der Waals surface area contributed by atoms with Gasteiger partial charge in [0.1, 0.15) is 23.7 Å². The van der Waals surface area contributed by atoms with Gasteiger partial charge in [0.05, 0.1) is 17.9 Å². The molecule has 0 amide bonds. The lowest BCUT2D eigenvalue weighted by atomic mass is 10.0. The number of carbonyl (C=O) groups is 2. The number of esters is 1. The van der Waals surface area contributed by atoms with Crippen LogP contribution in [0.5, 0.6) is 0 Å². The van der Waals surface area contributed by atoms with Crippen molar-refractivity contribution in [2.75, 3.05) is 6.61 Å². The molecular formula is C20H25F2N2O3+. The Balaban J connectivity index is 2.20. The summed E-state index contributed by atoms with van der Waals surface area (Å²) < 4.78 is 32.1. The summed E-state index contributed by atoms with van der Waals surface area (Å²) in [5.41, 5.74) is 2.13. The standard InChI is InChI=1S/C20H24F2N2O3/c1-6-27-20(26)17-10(2)18(24-12(17)4)19(25)13(5)23-11(3)15-8-7-14(21)9-16(15)22/h7-9,11,13,23-24H,6H2,1-5H3/p+1/t11-,13-/m0/s1. The number of carbonyl (C=O) groups excluding carboxylic acids is 2. The lowest BCUT2D eigenvalue weighted by Crippen LogP contribution is -2.91. The van der Waals surface area contributed by atoms with Crippen LogP contribution < -0.4 is 5.32 Å². The molecule has 7 heteroatoms. The van der Waals surface area contributed by atoms with E-state index in [0.29, 0.717) is 28.1 Å². The molecule has 146 valence electrons. The number of aryl methyl sites for hydroxylation is 1. The van der Waals surface area contributed by atoms with Crippen molar-refractivity contribution in [3.63, 3.8) is 0 Å². The van der Waals surface area contributed by atoms with Crippen molar-refractivity contribution in [1.82, 2.24) is 4.98 Å². The largest absolute Gasteiger partial charge is 0.462 e. The van der Waals surface area contributed by atoms with Gasteiger partial charge in [0.2, 0.25) is 5.78 Å². The average Bonchev–Trinajstić information content (AvgIpc) is 2.88. The summed E-state index contributed by atoms with van der Waals surface area (Å²) in [7, 11) is 0. The summed E-state index contributed by atoms with van der Waals surface area (Å²) in [5, 5.41) is 1.71.